The summed E-state index contributed by atoms with van der Waals surface area (Å²) in [5.41, 5.74) is 0.324. The third kappa shape index (κ3) is 4.24. The molecule has 0 saturated carbocycles. The van der Waals surface area contributed by atoms with E-state index in [-0.39, 0.29) is 0 Å². The minimum Gasteiger partial charge on any atom is -0.309 e. The van der Waals surface area contributed by atoms with Gasteiger partial charge >= 0.3 is 0 Å². The summed E-state index contributed by atoms with van der Waals surface area (Å²) in [6.45, 7) is 14.1. The topological polar surface area (TPSA) is 15.3 Å². The largest absolute Gasteiger partial charge is 0.309 e. The van der Waals surface area contributed by atoms with Crippen molar-refractivity contribution in [2.45, 2.75) is 90.8 Å². The van der Waals surface area contributed by atoms with E-state index in [0.29, 0.717) is 5.54 Å². The molecular weight excluding hydrogens is 220 g/mol. The summed E-state index contributed by atoms with van der Waals surface area (Å²) in [5.74, 6) is 0. The van der Waals surface area contributed by atoms with Gasteiger partial charge < -0.3 is 5.32 Å². The third-order valence-electron chi connectivity index (χ3n) is 4.81. The normalized spacial score (nSPS) is 31.5. The van der Waals surface area contributed by atoms with Crippen molar-refractivity contribution < 1.29 is 0 Å². The molecule has 18 heavy (non-hydrogen) atoms. The van der Waals surface area contributed by atoms with Crippen LogP contribution in [0.5, 0.6) is 0 Å². The van der Waals surface area contributed by atoms with E-state index in [1.54, 1.807) is 0 Å². The second-order valence-corrected chi connectivity index (χ2v) is 6.37. The first kappa shape index (κ1) is 16.0. The molecule has 1 fully saturated rings. The molecule has 0 aromatic heterocycles. The Balaban J connectivity index is 2.56. The van der Waals surface area contributed by atoms with Gasteiger partial charge in [0.1, 0.15) is 0 Å². The molecule has 1 heterocycles. The molecule has 1 N–H and O–H groups in total. The molecule has 108 valence electrons. The molecule has 0 aromatic carbocycles. The lowest BCUT2D eigenvalue weighted by molar-refractivity contribution is 0.0459. The van der Waals surface area contributed by atoms with Crippen LogP contribution in [-0.4, -0.2) is 35.6 Å². The predicted molar refractivity (Wildman–Crippen MR) is 81.1 cm³/mol. The van der Waals surface area contributed by atoms with E-state index in [4.69, 9.17) is 0 Å². The molecule has 0 spiro atoms. The Bertz CT molecular complexity index is 229. The van der Waals surface area contributed by atoms with Crippen molar-refractivity contribution in [3.05, 3.63) is 0 Å². The predicted octanol–water partition coefficient (Wildman–Crippen LogP) is 3.81. The van der Waals surface area contributed by atoms with Crippen LogP contribution < -0.4 is 5.32 Å². The summed E-state index contributed by atoms with van der Waals surface area (Å²) in [4.78, 5) is 2.77. The zero-order chi connectivity index (χ0) is 13.6. The molecule has 0 amide bonds. The highest BCUT2D eigenvalue weighted by Gasteiger charge is 2.35. The maximum Gasteiger partial charge on any atom is 0.0278 e. The van der Waals surface area contributed by atoms with E-state index >= 15 is 0 Å². The lowest BCUT2D eigenvalue weighted by atomic mass is 9.91. The number of hydrogen-bond acceptors (Lipinski definition) is 2. The van der Waals surface area contributed by atoms with Crippen LogP contribution >= 0.6 is 0 Å². The number of unbranched alkanes of at least 4 members (excludes halogenated alkanes) is 2. The van der Waals surface area contributed by atoms with E-state index < -0.39 is 0 Å². The molecule has 0 bridgehead atoms. The average molecular weight is 254 g/mol. The molecule has 1 saturated heterocycles. The Morgan fingerprint density at radius 3 is 2.56 bits per heavy atom. The standard InChI is InChI=1S/C16H34N2/c1-6-9-10-11-14(4)18-13-16(5,8-3)17-12-15(18)7-2/h14-15,17H,6-13H2,1-5H3. The molecule has 2 heteroatoms. The highest BCUT2D eigenvalue weighted by atomic mass is 15.3. The maximum absolute atomic E-state index is 3.76. The Morgan fingerprint density at radius 2 is 2.00 bits per heavy atom. The van der Waals surface area contributed by atoms with Crippen LogP contribution in [-0.2, 0) is 0 Å². The molecule has 3 atom stereocenters. The van der Waals surface area contributed by atoms with Gasteiger partial charge in [-0.05, 0) is 33.1 Å². The van der Waals surface area contributed by atoms with Gasteiger partial charge in [0.15, 0.2) is 0 Å². The van der Waals surface area contributed by atoms with Gasteiger partial charge in [0, 0.05) is 30.7 Å². The molecule has 0 aliphatic carbocycles. The Labute approximate surface area is 115 Å². The average Bonchev–Trinajstić information content (AvgIpc) is 2.39. The SMILES string of the molecule is CCCCCC(C)N1CC(C)(CC)NCC1CC. The lowest BCUT2D eigenvalue weighted by Crippen LogP contribution is -2.64. The zero-order valence-corrected chi connectivity index (χ0v) is 13.3. The number of piperazine rings is 1. The lowest BCUT2D eigenvalue weighted by Gasteiger charge is -2.48. The van der Waals surface area contributed by atoms with Crippen LogP contribution in [0.2, 0.25) is 0 Å². The zero-order valence-electron chi connectivity index (χ0n) is 13.3. The molecule has 1 aliphatic rings. The van der Waals surface area contributed by atoms with Crippen molar-refractivity contribution in [1.82, 2.24) is 10.2 Å². The van der Waals surface area contributed by atoms with Crippen LogP contribution in [0.1, 0.15) is 73.1 Å². The summed E-state index contributed by atoms with van der Waals surface area (Å²) in [7, 11) is 0. The van der Waals surface area contributed by atoms with E-state index in [9.17, 15) is 0 Å². The molecule has 0 aromatic rings. The Kier molecular flexibility index (Phi) is 6.65. The molecule has 3 unspecified atom stereocenters. The molecule has 1 aliphatic heterocycles. The third-order valence-corrected chi connectivity index (χ3v) is 4.81. The van der Waals surface area contributed by atoms with Crippen molar-refractivity contribution in [2.24, 2.45) is 0 Å². The summed E-state index contributed by atoms with van der Waals surface area (Å²) in [6, 6.07) is 1.48. The van der Waals surface area contributed by atoms with Crippen LogP contribution in [0.4, 0.5) is 0 Å². The summed E-state index contributed by atoms with van der Waals surface area (Å²) in [6.07, 6.45) is 7.97. The van der Waals surface area contributed by atoms with Crippen molar-refractivity contribution in [2.75, 3.05) is 13.1 Å². The summed E-state index contributed by atoms with van der Waals surface area (Å²) < 4.78 is 0. The Morgan fingerprint density at radius 1 is 1.28 bits per heavy atom. The molecule has 0 radical (unpaired) electrons. The van der Waals surface area contributed by atoms with Crippen molar-refractivity contribution in [3.8, 4) is 0 Å². The van der Waals surface area contributed by atoms with Crippen LogP contribution in [0, 0.1) is 0 Å². The van der Waals surface area contributed by atoms with Gasteiger partial charge in [-0.15, -0.1) is 0 Å². The minimum absolute atomic E-state index is 0.324. The molecule has 1 rings (SSSR count). The quantitative estimate of drug-likeness (QED) is 0.695. The monoisotopic (exact) mass is 254 g/mol. The fraction of sp³-hybridized carbons (Fsp3) is 1.00. The van der Waals surface area contributed by atoms with Crippen LogP contribution in [0.15, 0.2) is 0 Å². The maximum atomic E-state index is 3.76. The van der Waals surface area contributed by atoms with Gasteiger partial charge in [0.2, 0.25) is 0 Å². The summed E-state index contributed by atoms with van der Waals surface area (Å²) in [5, 5.41) is 3.76. The van der Waals surface area contributed by atoms with E-state index in [2.05, 4.69) is 44.8 Å². The Hall–Kier alpha value is -0.0800. The van der Waals surface area contributed by atoms with Gasteiger partial charge in [-0.3, -0.25) is 4.90 Å². The molecule has 2 nitrogen and oxygen atoms in total. The first-order valence-electron chi connectivity index (χ1n) is 8.07. The van der Waals surface area contributed by atoms with Gasteiger partial charge in [-0.1, -0.05) is 40.0 Å². The fourth-order valence-electron chi connectivity index (χ4n) is 3.06. The number of nitrogens with zero attached hydrogens (tertiary/aromatic N) is 1. The minimum atomic E-state index is 0.324. The number of rotatable bonds is 7. The number of nitrogens with one attached hydrogen (secondary N) is 1. The van der Waals surface area contributed by atoms with E-state index in [0.717, 1.165) is 12.1 Å². The van der Waals surface area contributed by atoms with Gasteiger partial charge in [0.25, 0.3) is 0 Å². The van der Waals surface area contributed by atoms with Crippen LogP contribution in [0.3, 0.4) is 0 Å². The first-order chi connectivity index (χ1) is 8.56. The highest BCUT2D eigenvalue weighted by molar-refractivity contribution is 4.95. The molecular formula is C16H34N2. The fourth-order valence-corrected chi connectivity index (χ4v) is 3.06. The first-order valence-corrected chi connectivity index (χ1v) is 8.07. The van der Waals surface area contributed by atoms with Gasteiger partial charge in [-0.2, -0.15) is 0 Å². The van der Waals surface area contributed by atoms with Crippen molar-refractivity contribution >= 4 is 0 Å². The smallest absolute Gasteiger partial charge is 0.0278 e. The van der Waals surface area contributed by atoms with E-state index in [1.165, 1.54) is 51.6 Å². The van der Waals surface area contributed by atoms with Crippen molar-refractivity contribution in [3.63, 3.8) is 0 Å². The second-order valence-electron chi connectivity index (χ2n) is 6.37. The summed E-state index contributed by atoms with van der Waals surface area (Å²) >= 11 is 0. The van der Waals surface area contributed by atoms with Crippen molar-refractivity contribution in [1.29, 1.82) is 0 Å². The van der Waals surface area contributed by atoms with Gasteiger partial charge in [-0.25, -0.2) is 0 Å². The van der Waals surface area contributed by atoms with E-state index in [1.807, 2.05) is 0 Å². The second kappa shape index (κ2) is 7.49. The highest BCUT2D eigenvalue weighted by Crippen LogP contribution is 2.24. The number of hydrogen-bond donors (Lipinski definition) is 1. The van der Waals surface area contributed by atoms with Crippen LogP contribution in [0.25, 0.3) is 0 Å². The van der Waals surface area contributed by atoms with Gasteiger partial charge in [0.05, 0.1) is 0 Å².